The van der Waals surface area contributed by atoms with Gasteiger partial charge in [-0.3, -0.25) is 14.5 Å². The lowest BCUT2D eigenvalue weighted by Gasteiger charge is -2.34. The van der Waals surface area contributed by atoms with Crippen molar-refractivity contribution in [3.8, 4) is 5.75 Å². The van der Waals surface area contributed by atoms with Gasteiger partial charge in [-0.25, -0.2) is 4.68 Å². The summed E-state index contributed by atoms with van der Waals surface area (Å²) in [7, 11) is 0. The van der Waals surface area contributed by atoms with E-state index in [-0.39, 0.29) is 35.6 Å². The fourth-order valence-corrected chi connectivity index (χ4v) is 3.79. The van der Waals surface area contributed by atoms with E-state index >= 15 is 0 Å². The third kappa shape index (κ3) is 5.12. The predicted molar refractivity (Wildman–Crippen MR) is 117 cm³/mol. The Labute approximate surface area is 181 Å². The molecule has 162 valence electrons. The van der Waals surface area contributed by atoms with Crippen molar-refractivity contribution >= 4 is 34.9 Å². The van der Waals surface area contributed by atoms with Gasteiger partial charge < -0.3 is 15.7 Å². The Bertz CT molecular complexity index is 906. The van der Waals surface area contributed by atoms with E-state index in [1.165, 1.54) is 12.1 Å². The summed E-state index contributed by atoms with van der Waals surface area (Å²) in [6, 6.07) is 6.16. The lowest BCUT2D eigenvalue weighted by atomic mass is 9.94. The topological polar surface area (TPSA) is 99.5 Å². The van der Waals surface area contributed by atoms with Crippen molar-refractivity contribution in [1.82, 2.24) is 14.7 Å². The number of amides is 2. The standard InChI is InChI=1S/C21H28ClN5O3/c1-13(2)27-19(6-9-23-27)25-20(29)14(3)26-10-7-15(8-11-26)21(30)24-17-12-16(22)4-5-18(17)28/h4-6,9,12-15,28H,7-8,10-11H2,1-3H3,(H,24,30)(H,25,29). The number of carbonyl (C=O) groups is 2. The number of phenolic OH excluding ortho intramolecular Hbond substituents is 1. The van der Waals surface area contributed by atoms with Gasteiger partial charge in [-0.2, -0.15) is 5.10 Å². The number of carbonyl (C=O) groups excluding carboxylic acids is 2. The summed E-state index contributed by atoms with van der Waals surface area (Å²) in [5.74, 6) is 0.236. The molecule has 3 N–H and O–H groups in total. The number of nitrogens with one attached hydrogen (secondary N) is 2. The Balaban J connectivity index is 1.53. The van der Waals surface area contributed by atoms with E-state index in [2.05, 4.69) is 20.6 Å². The molecule has 0 bridgehead atoms. The first-order valence-electron chi connectivity index (χ1n) is 10.1. The molecule has 30 heavy (non-hydrogen) atoms. The number of benzene rings is 1. The van der Waals surface area contributed by atoms with Crippen LogP contribution in [0.25, 0.3) is 0 Å². The molecule has 1 fully saturated rings. The molecule has 1 aliphatic rings. The molecule has 2 amide bonds. The maximum absolute atomic E-state index is 12.7. The number of nitrogens with zero attached hydrogens (tertiary/aromatic N) is 3. The van der Waals surface area contributed by atoms with Crippen LogP contribution in [-0.4, -0.2) is 50.7 Å². The minimum Gasteiger partial charge on any atom is -0.506 e. The zero-order valence-corrected chi connectivity index (χ0v) is 18.2. The van der Waals surface area contributed by atoms with Crippen LogP contribution in [0, 0.1) is 5.92 Å². The smallest absolute Gasteiger partial charge is 0.242 e. The van der Waals surface area contributed by atoms with Crippen molar-refractivity contribution in [3.05, 3.63) is 35.5 Å². The highest BCUT2D eigenvalue weighted by Gasteiger charge is 2.30. The molecule has 1 saturated heterocycles. The van der Waals surface area contributed by atoms with E-state index in [4.69, 9.17) is 11.6 Å². The second kappa shape index (κ2) is 9.49. The molecule has 0 aliphatic carbocycles. The van der Waals surface area contributed by atoms with Crippen LogP contribution in [0.5, 0.6) is 5.75 Å². The number of likely N-dealkylation sites (tertiary alicyclic amines) is 1. The molecule has 3 rings (SSSR count). The molecule has 1 atom stereocenters. The lowest BCUT2D eigenvalue weighted by molar-refractivity contribution is -0.123. The maximum Gasteiger partial charge on any atom is 0.242 e. The summed E-state index contributed by atoms with van der Waals surface area (Å²) in [6.07, 6.45) is 2.94. The zero-order chi connectivity index (χ0) is 21.8. The van der Waals surface area contributed by atoms with E-state index in [1.807, 2.05) is 20.8 Å². The van der Waals surface area contributed by atoms with E-state index in [0.717, 1.165) is 0 Å². The Hall–Kier alpha value is -2.58. The highest BCUT2D eigenvalue weighted by Crippen LogP contribution is 2.28. The van der Waals surface area contributed by atoms with Crippen LogP contribution in [-0.2, 0) is 9.59 Å². The normalized spacial score (nSPS) is 16.4. The van der Waals surface area contributed by atoms with Crippen LogP contribution >= 0.6 is 11.6 Å². The summed E-state index contributed by atoms with van der Waals surface area (Å²) in [6.45, 7) is 7.15. The molecule has 0 spiro atoms. The van der Waals surface area contributed by atoms with Crippen LogP contribution < -0.4 is 10.6 Å². The second-order valence-corrected chi connectivity index (χ2v) is 8.32. The van der Waals surface area contributed by atoms with Gasteiger partial charge in [0.05, 0.1) is 17.9 Å². The maximum atomic E-state index is 12.7. The zero-order valence-electron chi connectivity index (χ0n) is 17.4. The number of hydrogen-bond acceptors (Lipinski definition) is 5. The highest BCUT2D eigenvalue weighted by atomic mass is 35.5. The Morgan fingerprint density at radius 3 is 2.53 bits per heavy atom. The van der Waals surface area contributed by atoms with Crippen molar-refractivity contribution < 1.29 is 14.7 Å². The summed E-state index contributed by atoms with van der Waals surface area (Å²) >= 11 is 5.93. The number of aromatic nitrogens is 2. The molecule has 0 radical (unpaired) electrons. The first-order valence-corrected chi connectivity index (χ1v) is 10.5. The quantitative estimate of drug-likeness (QED) is 0.605. The summed E-state index contributed by atoms with van der Waals surface area (Å²) in [5, 5.41) is 20.3. The molecule has 2 aromatic rings. The van der Waals surface area contributed by atoms with Crippen molar-refractivity contribution in [3.63, 3.8) is 0 Å². The summed E-state index contributed by atoms with van der Waals surface area (Å²) in [4.78, 5) is 27.4. The van der Waals surface area contributed by atoms with Crippen LogP contribution in [0.3, 0.4) is 0 Å². The van der Waals surface area contributed by atoms with Crippen LogP contribution in [0.4, 0.5) is 11.5 Å². The van der Waals surface area contributed by atoms with Gasteiger partial charge in [0, 0.05) is 23.0 Å². The predicted octanol–water partition coefficient (Wildman–Crippen LogP) is 3.50. The van der Waals surface area contributed by atoms with Crippen LogP contribution in [0.1, 0.15) is 39.7 Å². The van der Waals surface area contributed by atoms with Gasteiger partial charge in [0.15, 0.2) is 0 Å². The molecular weight excluding hydrogens is 406 g/mol. The fraction of sp³-hybridized carbons (Fsp3) is 0.476. The van der Waals surface area contributed by atoms with Gasteiger partial charge >= 0.3 is 0 Å². The molecular formula is C21H28ClN5O3. The number of piperidine rings is 1. The van der Waals surface area contributed by atoms with E-state index in [9.17, 15) is 14.7 Å². The number of halogens is 1. The highest BCUT2D eigenvalue weighted by molar-refractivity contribution is 6.31. The molecule has 8 nitrogen and oxygen atoms in total. The number of hydrogen-bond donors (Lipinski definition) is 3. The number of rotatable bonds is 6. The molecule has 1 aromatic carbocycles. The van der Waals surface area contributed by atoms with Gasteiger partial charge in [0.2, 0.25) is 11.8 Å². The van der Waals surface area contributed by atoms with Gasteiger partial charge in [0.25, 0.3) is 0 Å². The Morgan fingerprint density at radius 1 is 1.17 bits per heavy atom. The van der Waals surface area contributed by atoms with Crippen molar-refractivity contribution in [2.24, 2.45) is 5.92 Å². The van der Waals surface area contributed by atoms with Gasteiger partial charge in [-0.05, 0) is 64.9 Å². The van der Waals surface area contributed by atoms with Crippen molar-refractivity contribution in [1.29, 1.82) is 0 Å². The number of aromatic hydroxyl groups is 1. The summed E-state index contributed by atoms with van der Waals surface area (Å²) in [5.41, 5.74) is 0.310. The first-order chi connectivity index (χ1) is 14.3. The second-order valence-electron chi connectivity index (χ2n) is 7.88. The van der Waals surface area contributed by atoms with Crippen LogP contribution in [0.2, 0.25) is 5.02 Å². The average Bonchev–Trinajstić information content (AvgIpc) is 3.18. The van der Waals surface area contributed by atoms with Crippen LogP contribution in [0.15, 0.2) is 30.5 Å². The molecule has 1 unspecified atom stereocenters. The van der Waals surface area contributed by atoms with E-state index in [1.54, 1.807) is 23.0 Å². The summed E-state index contributed by atoms with van der Waals surface area (Å²) < 4.78 is 1.77. The SMILES string of the molecule is CC(C(=O)Nc1ccnn1C(C)C)N1CCC(C(=O)Nc2cc(Cl)ccc2O)CC1. The molecule has 1 aromatic heterocycles. The monoisotopic (exact) mass is 433 g/mol. The van der Waals surface area contributed by atoms with E-state index in [0.29, 0.717) is 42.5 Å². The fourth-order valence-electron chi connectivity index (χ4n) is 3.61. The largest absolute Gasteiger partial charge is 0.506 e. The van der Waals surface area contributed by atoms with Gasteiger partial charge in [-0.1, -0.05) is 11.6 Å². The Kier molecular flexibility index (Phi) is 6.99. The number of phenols is 1. The van der Waals surface area contributed by atoms with Crippen molar-refractivity contribution in [2.75, 3.05) is 23.7 Å². The van der Waals surface area contributed by atoms with Gasteiger partial charge in [-0.15, -0.1) is 0 Å². The Morgan fingerprint density at radius 2 is 1.87 bits per heavy atom. The third-order valence-corrected chi connectivity index (χ3v) is 5.69. The molecule has 0 saturated carbocycles. The first kappa shape index (κ1) is 22.1. The average molecular weight is 434 g/mol. The third-order valence-electron chi connectivity index (χ3n) is 5.45. The van der Waals surface area contributed by atoms with E-state index < -0.39 is 0 Å². The van der Waals surface area contributed by atoms with Crippen molar-refractivity contribution in [2.45, 2.75) is 45.7 Å². The number of anilines is 2. The lowest BCUT2D eigenvalue weighted by Crippen LogP contribution is -2.47. The minimum absolute atomic E-state index is 0.0175. The molecule has 1 aliphatic heterocycles. The molecule has 2 heterocycles. The van der Waals surface area contributed by atoms with Gasteiger partial charge in [0.1, 0.15) is 11.6 Å². The molecule has 9 heteroatoms. The minimum atomic E-state index is -0.318.